The van der Waals surface area contributed by atoms with Crippen molar-refractivity contribution in [2.45, 2.75) is 13.5 Å². The third kappa shape index (κ3) is 3.57. The zero-order chi connectivity index (χ0) is 19.3. The van der Waals surface area contributed by atoms with Crippen LogP contribution in [0.15, 0.2) is 73.1 Å². The Morgan fingerprint density at radius 3 is 2.61 bits per heavy atom. The number of amides is 1. The first-order chi connectivity index (χ1) is 13.8. The summed E-state index contributed by atoms with van der Waals surface area (Å²) in [7, 11) is 0. The number of imidazole rings is 1. The maximum Gasteiger partial charge on any atom is 0.244 e. The molecule has 0 atom stereocenters. The molecule has 1 amide bonds. The van der Waals surface area contributed by atoms with Crippen molar-refractivity contribution in [2.24, 2.45) is 0 Å². The Morgan fingerprint density at radius 1 is 1.04 bits per heavy atom. The maximum atomic E-state index is 12.8. The zero-order valence-corrected chi connectivity index (χ0v) is 15.5. The van der Waals surface area contributed by atoms with Crippen LogP contribution < -0.4 is 10.1 Å². The van der Waals surface area contributed by atoms with Gasteiger partial charge in [0.15, 0.2) is 0 Å². The molecule has 2 heterocycles. The fraction of sp³-hybridized carbons (Fsp3) is 0.136. The predicted molar refractivity (Wildman–Crippen MR) is 109 cm³/mol. The zero-order valence-electron chi connectivity index (χ0n) is 15.5. The van der Waals surface area contributed by atoms with Crippen molar-refractivity contribution in [3.05, 3.63) is 73.1 Å². The SMILES string of the molecule is CCOc1ccccc1NC(=O)Cn1c(-c2ccncc2)nc2ccccc21. The van der Waals surface area contributed by atoms with E-state index in [1.807, 2.05) is 72.2 Å². The number of hydrogen-bond donors (Lipinski definition) is 1. The second kappa shape index (κ2) is 7.92. The minimum absolute atomic E-state index is 0.138. The quantitative estimate of drug-likeness (QED) is 0.552. The highest BCUT2D eigenvalue weighted by molar-refractivity contribution is 5.93. The lowest BCUT2D eigenvalue weighted by Crippen LogP contribution is -2.19. The largest absolute Gasteiger partial charge is 0.492 e. The average Bonchev–Trinajstić information content (AvgIpc) is 3.09. The lowest BCUT2D eigenvalue weighted by molar-refractivity contribution is -0.116. The van der Waals surface area contributed by atoms with Crippen molar-refractivity contribution in [2.75, 3.05) is 11.9 Å². The molecule has 140 valence electrons. The van der Waals surface area contributed by atoms with Crippen LogP contribution in [0.2, 0.25) is 0 Å². The van der Waals surface area contributed by atoms with Crippen molar-refractivity contribution >= 4 is 22.6 Å². The summed E-state index contributed by atoms with van der Waals surface area (Å²) >= 11 is 0. The standard InChI is InChI=1S/C22H20N4O2/c1-2-28-20-10-6-4-8-18(20)24-21(27)15-26-19-9-5-3-7-17(19)25-22(26)16-11-13-23-14-12-16/h3-14H,2,15H2,1H3,(H,24,27). The van der Waals surface area contributed by atoms with Gasteiger partial charge in [0.25, 0.3) is 0 Å². The van der Waals surface area contributed by atoms with E-state index in [4.69, 9.17) is 9.72 Å². The lowest BCUT2D eigenvalue weighted by Gasteiger charge is -2.13. The smallest absolute Gasteiger partial charge is 0.244 e. The van der Waals surface area contributed by atoms with Crippen molar-refractivity contribution in [3.63, 3.8) is 0 Å². The van der Waals surface area contributed by atoms with Crippen LogP contribution >= 0.6 is 0 Å². The number of para-hydroxylation sites is 4. The van der Waals surface area contributed by atoms with Gasteiger partial charge in [0.1, 0.15) is 18.1 Å². The number of benzene rings is 2. The first-order valence-corrected chi connectivity index (χ1v) is 9.13. The van der Waals surface area contributed by atoms with Crippen LogP contribution in [0, 0.1) is 0 Å². The summed E-state index contributed by atoms with van der Waals surface area (Å²) in [6, 6.07) is 19.0. The number of carbonyl (C=O) groups excluding carboxylic acids is 1. The van der Waals surface area contributed by atoms with E-state index in [2.05, 4.69) is 10.3 Å². The second-order valence-electron chi connectivity index (χ2n) is 6.22. The molecule has 1 N–H and O–H groups in total. The topological polar surface area (TPSA) is 69.0 Å². The summed E-state index contributed by atoms with van der Waals surface area (Å²) in [4.78, 5) is 21.6. The summed E-state index contributed by atoms with van der Waals surface area (Å²) in [5.41, 5.74) is 3.32. The molecule has 4 rings (SSSR count). The first kappa shape index (κ1) is 17.7. The first-order valence-electron chi connectivity index (χ1n) is 9.13. The van der Waals surface area contributed by atoms with E-state index in [1.54, 1.807) is 12.4 Å². The predicted octanol–water partition coefficient (Wildman–Crippen LogP) is 4.14. The molecule has 0 radical (unpaired) electrons. The van der Waals surface area contributed by atoms with Crippen molar-refractivity contribution in [3.8, 4) is 17.1 Å². The van der Waals surface area contributed by atoms with Crippen molar-refractivity contribution in [1.29, 1.82) is 0 Å². The number of rotatable bonds is 6. The van der Waals surface area contributed by atoms with E-state index in [0.717, 1.165) is 22.4 Å². The van der Waals surface area contributed by atoms with E-state index in [0.29, 0.717) is 18.0 Å². The van der Waals surface area contributed by atoms with E-state index >= 15 is 0 Å². The number of nitrogens with zero attached hydrogens (tertiary/aromatic N) is 3. The van der Waals surface area contributed by atoms with Gasteiger partial charge in [0, 0.05) is 18.0 Å². The van der Waals surface area contributed by atoms with Gasteiger partial charge in [-0.1, -0.05) is 24.3 Å². The molecule has 0 bridgehead atoms. The van der Waals surface area contributed by atoms with Gasteiger partial charge in [-0.05, 0) is 43.3 Å². The monoisotopic (exact) mass is 372 g/mol. The number of pyridine rings is 1. The van der Waals surface area contributed by atoms with Gasteiger partial charge >= 0.3 is 0 Å². The summed E-state index contributed by atoms with van der Waals surface area (Å²) in [5.74, 6) is 1.24. The summed E-state index contributed by atoms with van der Waals surface area (Å²) in [6.07, 6.45) is 3.44. The van der Waals surface area contributed by atoms with E-state index in [1.165, 1.54) is 0 Å². The number of aromatic nitrogens is 3. The minimum Gasteiger partial charge on any atom is -0.492 e. The van der Waals surface area contributed by atoms with E-state index in [-0.39, 0.29) is 12.5 Å². The molecule has 0 aliphatic carbocycles. The molecule has 0 aliphatic heterocycles. The van der Waals surface area contributed by atoms with Crippen molar-refractivity contribution in [1.82, 2.24) is 14.5 Å². The highest BCUT2D eigenvalue weighted by Crippen LogP contribution is 2.26. The molecule has 0 unspecified atom stereocenters. The van der Waals surface area contributed by atoms with Gasteiger partial charge in [-0.3, -0.25) is 9.78 Å². The maximum absolute atomic E-state index is 12.8. The van der Waals surface area contributed by atoms with Crippen LogP contribution in [-0.4, -0.2) is 27.0 Å². The molecule has 6 nitrogen and oxygen atoms in total. The van der Waals surface area contributed by atoms with E-state index in [9.17, 15) is 4.79 Å². The van der Waals surface area contributed by atoms with Gasteiger partial charge in [-0.25, -0.2) is 4.98 Å². The van der Waals surface area contributed by atoms with Gasteiger partial charge in [0.05, 0.1) is 23.3 Å². The number of anilines is 1. The average molecular weight is 372 g/mol. The molecule has 0 spiro atoms. The third-order valence-electron chi connectivity index (χ3n) is 4.36. The Labute approximate surface area is 162 Å². The van der Waals surface area contributed by atoms with E-state index < -0.39 is 0 Å². The fourth-order valence-corrected chi connectivity index (χ4v) is 3.14. The fourth-order valence-electron chi connectivity index (χ4n) is 3.14. The highest BCUT2D eigenvalue weighted by atomic mass is 16.5. The Morgan fingerprint density at radius 2 is 1.79 bits per heavy atom. The molecule has 2 aromatic heterocycles. The molecule has 2 aromatic carbocycles. The summed E-state index contributed by atoms with van der Waals surface area (Å²) in [6.45, 7) is 2.58. The van der Waals surface area contributed by atoms with Gasteiger partial charge in [-0.15, -0.1) is 0 Å². The number of fused-ring (bicyclic) bond motifs is 1. The summed E-state index contributed by atoms with van der Waals surface area (Å²) in [5, 5.41) is 2.95. The number of ether oxygens (including phenoxy) is 1. The molecule has 4 aromatic rings. The van der Waals surface area contributed by atoms with Crippen LogP contribution in [0.5, 0.6) is 5.75 Å². The molecule has 28 heavy (non-hydrogen) atoms. The van der Waals surface area contributed by atoms with Crippen molar-refractivity contribution < 1.29 is 9.53 Å². The van der Waals surface area contributed by atoms with Gasteiger partial charge < -0.3 is 14.6 Å². The van der Waals surface area contributed by atoms with Crippen LogP contribution in [0.3, 0.4) is 0 Å². The Bertz CT molecular complexity index is 1110. The van der Waals surface area contributed by atoms with Crippen LogP contribution in [0.4, 0.5) is 5.69 Å². The molecule has 0 saturated heterocycles. The molecule has 0 aliphatic rings. The Kier molecular flexibility index (Phi) is 5.01. The molecular formula is C22H20N4O2. The number of nitrogens with one attached hydrogen (secondary N) is 1. The Hall–Kier alpha value is -3.67. The second-order valence-corrected chi connectivity index (χ2v) is 6.22. The molecular weight excluding hydrogens is 352 g/mol. The summed E-state index contributed by atoms with van der Waals surface area (Å²) < 4.78 is 7.52. The number of hydrogen-bond acceptors (Lipinski definition) is 4. The minimum atomic E-state index is -0.148. The molecule has 0 saturated carbocycles. The van der Waals surface area contributed by atoms with Crippen LogP contribution in [0.25, 0.3) is 22.4 Å². The normalized spacial score (nSPS) is 10.8. The number of carbonyl (C=O) groups is 1. The van der Waals surface area contributed by atoms with Crippen LogP contribution in [-0.2, 0) is 11.3 Å². The molecule has 6 heteroatoms. The van der Waals surface area contributed by atoms with Gasteiger partial charge in [0.2, 0.25) is 5.91 Å². The third-order valence-corrected chi connectivity index (χ3v) is 4.36. The lowest BCUT2D eigenvalue weighted by atomic mass is 10.2. The van der Waals surface area contributed by atoms with Gasteiger partial charge in [-0.2, -0.15) is 0 Å². The highest BCUT2D eigenvalue weighted by Gasteiger charge is 2.16. The molecule has 0 fully saturated rings. The Balaban J connectivity index is 1.67. The van der Waals surface area contributed by atoms with Crippen LogP contribution in [0.1, 0.15) is 6.92 Å².